The SMILES string of the molecule is CCCN1CCC[C@@H]2Cc3c(ccc(C)c3OCOC)C[C@H]21.CCCN1CCC[C@@H]2Cc3c(ccc(O)c3OCOC)C[C@H]21. The van der Waals surface area contributed by atoms with Crippen molar-refractivity contribution in [2.75, 3.05) is 54.0 Å². The quantitative estimate of drug-likeness (QED) is 0.308. The number of ether oxygens (including phenoxy) is 4. The van der Waals surface area contributed by atoms with Crippen LogP contribution >= 0.6 is 0 Å². The van der Waals surface area contributed by atoms with Gasteiger partial charge in [0.25, 0.3) is 0 Å². The van der Waals surface area contributed by atoms with Crippen LogP contribution in [0.1, 0.15) is 80.2 Å². The molecule has 7 heteroatoms. The van der Waals surface area contributed by atoms with E-state index in [0.29, 0.717) is 24.5 Å². The van der Waals surface area contributed by atoms with Crippen molar-refractivity contribution in [3.8, 4) is 17.2 Å². The maximum absolute atomic E-state index is 10.1. The van der Waals surface area contributed by atoms with Gasteiger partial charge in [-0.3, -0.25) is 9.80 Å². The molecule has 2 aliphatic heterocycles. The fourth-order valence-electron chi connectivity index (χ4n) is 8.47. The van der Waals surface area contributed by atoms with Crippen molar-refractivity contribution in [2.45, 2.75) is 97.1 Å². The van der Waals surface area contributed by atoms with Gasteiger partial charge in [-0.2, -0.15) is 0 Å². The highest BCUT2D eigenvalue weighted by molar-refractivity contribution is 5.52. The first-order chi connectivity index (χ1) is 21.5. The molecule has 6 rings (SSSR count). The van der Waals surface area contributed by atoms with Gasteiger partial charge in [0.1, 0.15) is 5.75 Å². The van der Waals surface area contributed by atoms with Gasteiger partial charge < -0.3 is 24.1 Å². The highest BCUT2D eigenvalue weighted by Gasteiger charge is 2.38. The van der Waals surface area contributed by atoms with Gasteiger partial charge in [0.05, 0.1) is 0 Å². The van der Waals surface area contributed by atoms with Crippen molar-refractivity contribution >= 4 is 0 Å². The van der Waals surface area contributed by atoms with Crippen LogP contribution in [0.3, 0.4) is 0 Å². The molecule has 2 aliphatic carbocycles. The Hall–Kier alpha value is -2.32. The Morgan fingerprint density at radius 1 is 0.705 bits per heavy atom. The summed E-state index contributed by atoms with van der Waals surface area (Å²) >= 11 is 0. The number of hydrogen-bond donors (Lipinski definition) is 1. The molecule has 2 saturated heterocycles. The lowest BCUT2D eigenvalue weighted by molar-refractivity contribution is 0.0461. The topological polar surface area (TPSA) is 63.6 Å². The van der Waals surface area contributed by atoms with Crippen LogP contribution in [-0.4, -0.2) is 81.0 Å². The number of nitrogens with zero attached hydrogens (tertiary/aromatic N) is 2. The zero-order valence-corrected chi connectivity index (χ0v) is 27.9. The van der Waals surface area contributed by atoms with Gasteiger partial charge in [0.15, 0.2) is 25.1 Å². The minimum Gasteiger partial charge on any atom is -0.504 e. The maximum atomic E-state index is 10.1. The second-order valence-electron chi connectivity index (χ2n) is 13.3. The molecule has 0 amide bonds. The van der Waals surface area contributed by atoms with Gasteiger partial charge in [-0.05, 0) is 137 Å². The van der Waals surface area contributed by atoms with Crippen LogP contribution in [0, 0.1) is 18.8 Å². The third-order valence-electron chi connectivity index (χ3n) is 10.4. The molecule has 4 aliphatic rings. The van der Waals surface area contributed by atoms with E-state index in [4.69, 9.17) is 18.9 Å². The number of phenols is 1. The smallest absolute Gasteiger partial charge is 0.188 e. The summed E-state index contributed by atoms with van der Waals surface area (Å²) in [6.07, 6.45) is 12.2. The summed E-state index contributed by atoms with van der Waals surface area (Å²) < 4.78 is 21.7. The average molecular weight is 609 g/mol. The predicted molar refractivity (Wildman–Crippen MR) is 176 cm³/mol. The fourth-order valence-corrected chi connectivity index (χ4v) is 8.47. The van der Waals surface area contributed by atoms with Crippen LogP contribution in [0.5, 0.6) is 17.2 Å². The first kappa shape index (κ1) is 33.1. The van der Waals surface area contributed by atoms with Crippen LogP contribution in [0.25, 0.3) is 0 Å². The van der Waals surface area contributed by atoms with E-state index in [0.717, 1.165) is 30.6 Å². The molecule has 0 bridgehead atoms. The van der Waals surface area contributed by atoms with Crippen molar-refractivity contribution in [3.63, 3.8) is 0 Å². The summed E-state index contributed by atoms with van der Waals surface area (Å²) in [5.41, 5.74) is 6.68. The Morgan fingerprint density at radius 2 is 1.20 bits per heavy atom. The van der Waals surface area contributed by atoms with Crippen molar-refractivity contribution in [1.82, 2.24) is 9.80 Å². The number of hydrogen-bond acceptors (Lipinski definition) is 7. The summed E-state index contributed by atoms with van der Waals surface area (Å²) in [4.78, 5) is 5.40. The normalized spacial score (nSPS) is 24.7. The Morgan fingerprint density at radius 3 is 1.73 bits per heavy atom. The van der Waals surface area contributed by atoms with Crippen molar-refractivity contribution in [3.05, 3.63) is 52.1 Å². The monoisotopic (exact) mass is 608 g/mol. The largest absolute Gasteiger partial charge is 0.504 e. The van der Waals surface area contributed by atoms with Gasteiger partial charge in [-0.15, -0.1) is 0 Å². The summed E-state index contributed by atoms with van der Waals surface area (Å²) in [5, 5.41) is 10.1. The fraction of sp³-hybridized carbons (Fsp3) is 0.676. The Labute approximate surface area is 265 Å². The highest BCUT2D eigenvalue weighted by Crippen LogP contribution is 2.43. The molecule has 0 unspecified atom stereocenters. The molecule has 2 fully saturated rings. The van der Waals surface area contributed by atoms with E-state index in [1.54, 1.807) is 20.3 Å². The Kier molecular flexibility index (Phi) is 11.9. The number of benzene rings is 2. The molecule has 2 aromatic rings. The summed E-state index contributed by atoms with van der Waals surface area (Å²) in [5.74, 6) is 3.41. The molecule has 0 radical (unpaired) electrons. The lowest BCUT2D eigenvalue weighted by Gasteiger charge is -2.45. The predicted octanol–water partition coefficient (Wildman–Crippen LogP) is 6.53. The van der Waals surface area contributed by atoms with E-state index in [2.05, 4.69) is 48.8 Å². The first-order valence-electron chi connectivity index (χ1n) is 17.2. The number of phenolic OH excluding ortho intramolecular Hbond substituents is 1. The highest BCUT2D eigenvalue weighted by atomic mass is 16.7. The number of methoxy groups -OCH3 is 2. The van der Waals surface area contributed by atoms with E-state index in [1.807, 2.05) is 0 Å². The second-order valence-corrected chi connectivity index (χ2v) is 13.3. The Balaban J connectivity index is 0.000000175. The first-order valence-corrected chi connectivity index (χ1v) is 17.2. The average Bonchev–Trinajstić information content (AvgIpc) is 3.03. The van der Waals surface area contributed by atoms with Crippen LogP contribution in [0.4, 0.5) is 0 Å². The lowest BCUT2D eigenvalue weighted by atomic mass is 9.74. The summed E-state index contributed by atoms with van der Waals surface area (Å²) in [7, 11) is 3.29. The third kappa shape index (κ3) is 7.38. The van der Waals surface area contributed by atoms with Crippen LogP contribution in [0.2, 0.25) is 0 Å². The molecule has 244 valence electrons. The lowest BCUT2D eigenvalue weighted by Crippen LogP contribution is -2.49. The molecule has 4 atom stereocenters. The summed E-state index contributed by atoms with van der Waals surface area (Å²) in [6.45, 7) is 12.2. The molecular weight excluding hydrogens is 552 g/mol. The third-order valence-corrected chi connectivity index (χ3v) is 10.4. The Bertz CT molecular complexity index is 1120. The zero-order valence-electron chi connectivity index (χ0n) is 27.9. The molecule has 0 saturated carbocycles. The molecule has 1 N–H and O–H groups in total. The number of likely N-dealkylation sites (tertiary alicyclic amines) is 2. The van der Waals surface area contributed by atoms with E-state index < -0.39 is 0 Å². The van der Waals surface area contributed by atoms with Gasteiger partial charge in [0.2, 0.25) is 0 Å². The van der Waals surface area contributed by atoms with Crippen molar-refractivity contribution < 1.29 is 24.1 Å². The van der Waals surface area contributed by atoms with E-state index in [9.17, 15) is 5.11 Å². The molecular formula is C37H56N2O5. The maximum Gasteiger partial charge on any atom is 0.188 e. The van der Waals surface area contributed by atoms with E-state index in [1.165, 1.54) is 105 Å². The molecule has 2 aromatic carbocycles. The van der Waals surface area contributed by atoms with Gasteiger partial charge in [-0.1, -0.05) is 32.0 Å². The molecule has 0 aromatic heterocycles. The van der Waals surface area contributed by atoms with Crippen LogP contribution < -0.4 is 9.47 Å². The minimum absolute atomic E-state index is 0.181. The van der Waals surface area contributed by atoms with Gasteiger partial charge in [0, 0.05) is 31.9 Å². The van der Waals surface area contributed by atoms with Crippen molar-refractivity contribution in [2.24, 2.45) is 11.8 Å². The number of aryl methyl sites for hydroxylation is 1. The number of rotatable bonds is 10. The van der Waals surface area contributed by atoms with Crippen molar-refractivity contribution in [1.29, 1.82) is 0 Å². The van der Waals surface area contributed by atoms with Crippen LogP contribution in [0.15, 0.2) is 24.3 Å². The summed E-state index contributed by atoms with van der Waals surface area (Å²) in [6, 6.07) is 9.74. The molecule has 0 spiro atoms. The van der Waals surface area contributed by atoms with E-state index in [-0.39, 0.29) is 12.5 Å². The zero-order chi connectivity index (χ0) is 31.1. The molecule has 7 nitrogen and oxygen atoms in total. The van der Waals surface area contributed by atoms with E-state index >= 15 is 0 Å². The number of fused-ring (bicyclic) bond motifs is 4. The minimum atomic E-state index is 0.181. The van der Waals surface area contributed by atoms with Gasteiger partial charge >= 0.3 is 0 Å². The number of piperidine rings is 2. The van der Waals surface area contributed by atoms with Crippen LogP contribution in [-0.2, 0) is 35.2 Å². The standard InChI is InChI=1S/C19H29NO2.C18H27NO3/c1-4-9-20-10-5-6-16-11-17-15(12-18(16)20)8-7-14(2)19(17)22-13-21-3;1-3-8-19-9-4-5-14-10-15-13(11-16(14)19)6-7-17(20)18(15)22-12-21-2/h7-8,16,18H,4-6,9-13H2,1-3H3;6-7,14,16,20H,3-5,8-12H2,1-2H3/t16-,18-;14-,16-/m11/s1. The molecule has 2 heterocycles. The number of aromatic hydroxyl groups is 1. The molecule has 44 heavy (non-hydrogen) atoms. The van der Waals surface area contributed by atoms with Gasteiger partial charge in [-0.25, -0.2) is 0 Å². The second kappa shape index (κ2) is 15.8.